The first-order valence-corrected chi connectivity index (χ1v) is 11.4. The number of nitrogens with one attached hydrogen (secondary N) is 1. The van der Waals surface area contributed by atoms with Crippen LogP contribution < -0.4 is 15.1 Å². The van der Waals surface area contributed by atoms with Crippen LogP contribution in [0.15, 0.2) is 62.6 Å². The molecule has 1 aromatic heterocycles. The lowest BCUT2D eigenvalue weighted by atomic mass is 10.0. The molecule has 2 atom stereocenters. The number of esters is 1. The lowest BCUT2D eigenvalue weighted by Gasteiger charge is -2.22. The fraction of sp³-hybridized carbons (Fsp3) is 0.304. The van der Waals surface area contributed by atoms with Gasteiger partial charge in [-0.15, -0.1) is 0 Å². The third-order valence-corrected chi connectivity index (χ3v) is 6.68. The number of carbonyl (C=O) groups is 1. The molecule has 0 spiro atoms. The molecule has 2 aromatic carbocycles. The zero-order chi connectivity index (χ0) is 22.8. The van der Waals surface area contributed by atoms with E-state index in [9.17, 15) is 18.0 Å². The number of hydrogen-bond acceptors (Lipinski definition) is 6. The van der Waals surface area contributed by atoms with E-state index in [1.54, 1.807) is 38.1 Å². The summed E-state index contributed by atoms with van der Waals surface area (Å²) in [5.41, 5.74) is 1.45. The second-order valence-corrected chi connectivity index (χ2v) is 9.34. The molecular weight excluding hydrogens is 418 g/mol. The van der Waals surface area contributed by atoms with E-state index in [1.165, 1.54) is 24.3 Å². The van der Waals surface area contributed by atoms with E-state index < -0.39 is 27.7 Å². The highest BCUT2D eigenvalue weighted by atomic mass is 32.2. The molecule has 7 nitrogen and oxygen atoms in total. The van der Waals surface area contributed by atoms with E-state index in [1.807, 2.05) is 13.8 Å². The predicted octanol–water partition coefficient (Wildman–Crippen LogP) is 3.71. The molecule has 0 bridgehead atoms. The second-order valence-electron chi connectivity index (χ2n) is 7.63. The van der Waals surface area contributed by atoms with Crippen molar-refractivity contribution in [2.45, 2.75) is 45.1 Å². The zero-order valence-corrected chi connectivity index (χ0v) is 18.7. The summed E-state index contributed by atoms with van der Waals surface area (Å²) in [6.45, 7) is 7.27. The molecule has 0 radical (unpaired) electrons. The smallest absolute Gasteiger partial charge is 0.336 e. The Morgan fingerprint density at radius 3 is 2.42 bits per heavy atom. The molecule has 31 heavy (non-hydrogen) atoms. The molecule has 164 valence electrons. The average molecular weight is 444 g/mol. The van der Waals surface area contributed by atoms with Gasteiger partial charge in [-0.2, -0.15) is 4.72 Å². The van der Waals surface area contributed by atoms with Crippen LogP contribution in [-0.4, -0.2) is 20.4 Å². The van der Waals surface area contributed by atoms with Gasteiger partial charge in [-0.25, -0.2) is 18.0 Å². The van der Waals surface area contributed by atoms with Crippen molar-refractivity contribution >= 4 is 27.0 Å². The van der Waals surface area contributed by atoms with Crippen molar-refractivity contribution in [1.82, 2.24) is 4.72 Å². The maximum Gasteiger partial charge on any atom is 0.336 e. The number of sulfonamides is 1. The summed E-state index contributed by atoms with van der Waals surface area (Å²) in [6, 6.07) is 11.4. The number of hydrogen-bond donors (Lipinski definition) is 1. The highest BCUT2D eigenvalue weighted by Gasteiger charge is 2.31. The molecule has 8 heteroatoms. The topological polar surface area (TPSA) is 103 Å². The average Bonchev–Trinajstić information content (AvgIpc) is 2.71. The van der Waals surface area contributed by atoms with E-state index >= 15 is 0 Å². The quantitative estimate of drug-likeness (QED) is 0.339. The van der Waals surface area contributed by atoms with Gasteiger partial charge < -0.3 is 9.15 Å². The summed E-state index contributed by atoms with van der Waals surface area (Å²) in [4.78, 5) is 24.6. The van der Waals surface area contributed by atoms with Crippen molar-refractivity contribution in [2.75, 3.05) is 0 Å². The van der Waals surface area contributed by atoms with Gasteiger partial charge in [0.25, 0.3) is 0 Å². The van der Waals surface area contributed by atoms with E-state index in [2.05, 4.69) is 4.72 Å². The number of ether oxygens (including phenoxy) is 1. The van der Waals surface area contributed by atoms with Crippen LogP contribution in [0.3, 0.4) is 0 Å². The third-order valence-electron chi connectivity index (χ3n) is 5.22. The van der Waals surface area contributed by atoms with Crippen molar-refractivity contribution < 1.29 is 22.4 Å². The molecule has 0 aliphatic heterocycles. The van der Waals surface area contributed by atoms with Gasteiger partial charge in [-0.3, -0.25) is 0 Å². The molecule has 0 saturated carbocycles. The highest BCUT2D eigenvalue weighted by molar-refractivity contribution is 7.89. The van der Waals surface area contributed by atoms with Crippen LogP contribution in [0.25, 0.3) is 11.0 Å². The monoisotopic (exact) mass is 443 g/mol. The summed E-state index contributed by atoms with van der Waals surface area (Å²) in [5.74, 6) is -0.887. The van der Waals surface area contributed by atoms with Gasteiger partial charge in [-0.1, -0.05) is 38.0 Å². The van der Waals surface area contributed by atoms with Gasteiger partial charge in [0.05, 0.1) is 4.90 Å². The Kier molecular flexibility index (Phi) is 6.62. The molecule has 1 N–H and O–H groups in total. The maximum atomic E-state index is 12.9. The predicted molar refractivity (Wildman–Crippen MR) is 118 cm³/mol. The standard InChI is InChI=1S/C23H25NO6S/c1-5-15(3)22(24-31(27,28)18-9-6-14(2)7-10-18)23(26)29-17-8-11-19-16(4)12-21(25)30-20(19)13-17/h6-13,15,22,24H,5H2,1-4H3. The molecule has 3 aromatic rings. The third kappa shape index (κ3) is 5.21. The first-order valence-electron chi connectivity index (χ1n) is 9.96. The summed E-state index contributed by atoms with van der Waals surface area (Å²) in [6.07, 6.45) is 0.558. The highest BCUT2D eigenvalue weighted by Crippen LogP contribution is 2.23. The molecule has 0 amide bonds. The zero-order valence-electron chi connectivity index (χ0n) is 17.8. The normalized spacial score (nSPS) is 13.7. The molecule has 3 rings (SSSR count). The van der Waals surface area contributed by atoms with Crippen molar-refractivity contribution in [1.29, 1.82) is 0 Å². The minimum atomic E-state index is -3.93. The Hall–Kier alpha value is -2.97. The van der Waals surface area contributed by atoms with Crippen LogP contribution in [0.5, 0.6) is 5.75 Å². The largest absolute Gasteiger partial charge is 0.425 e. The number of carbonyl (C=O) groups excluding carboxylic acids is 1. The number of aryl methyl sites for hydroxylation is 2. The van der Waals surface area contributed by atoms with Crippen LogP contribution >= 0.6 is 0 Å². The molecule has 0 aliphatic carbocycles. The molecule has 0 fully saturated rings. The van der Waals surface area contributed by atoms with Gasteiger partial charge in [0, 0.05) is 17.5 Å². The minimum absolute atomic E-state index is 0.0714. The van der Waals surface area contributed by atoms with Crippen LogP contribution in [0.4, 0.5) is 0 Å². The molecular formula is C23H25NO6S. The molecule has 2 unspecified atom stereocenters. The molecule has 1 heterocycles. The number of benzene rings is 2. The van der Waals surface area contributed by atoms with Gasteiger partial charge in [-0.05, 0) is 49.6 Å². The molecule has 0 aliphatic rings. The van der Waals surface area contributed by atoms with Crippen LogP contribution in [-0.2, 0) is 14.8 Å². The minimum Gasteiger partial charge on any atom is -0.425 e. The van der Waals surface area contributed by atoms with Crippen molar-refractivity contribution in [3.8, 4) is 5.75 Å². The van der Waals surface area contributed by atoms with Gasteiger partial charge >= 0.3 is 11.6 Å². The van der Waals surface area contributed by atoms with Crippen molar-refractivity contribution in [3.63, 3.8) is 0 Å². The van der Waals surface area contributed by atoms with Crippen LogP contribution in [0, 0.1) is 19.8 Å². The van der Waals surface area contributed by atoms with Gasteiger partial charge in [0.1, 0.15) is 17.4 Å². The summed E-state index contributed by atoms with van der Waals surface area (Å²) < 4.78 is 38.7. The Bertz CT molecular complexity index is 1260. The van der Waals surface area contributed by atoms with Crippen molar-refractivity contribution in [2.24, 2.45) is 5.92 Å². The van der Waals surface area contributed by atoms with Crippen LogP contribution in [0.1, 0.15) is 31.4 Å². The fourth-order valence-electron chi connectivity index (χ4n) is 3.13. The van der Waals surface area contributed by atoms with Crippen molar-refractivity contribution in [3.05, 3.63) is 70.1 Å². The number of rotatable bonds is 7. The van der Waals surface area contributed by atoms with Gasteiger partial charge in [0.15, 0.2) is 0 Å². The lowest BCUT2D eigenvalue weighted by Crippen LogP contribution is -2.46. The Balaban J connectivity index is 1.87. The number of fused-ring (bicyclic) bond motifs is 1. The summed E-state index contributed by atoms with van der Waals surface area (Å²) in [7, 11) is -3.93. The van der Waals surface area contributed by atoms with Gasteiger partial charge in [0.2, 0.25) is 10.0 Å². The van der Waals surface area contributed by atoms with E-state index in [4.69, 9.17) is 9.15 Å². The summed E-state index contributed by atoms with van der Waals surface area (Å²) >= 11 is 0. The maximum absolute atomic E-state index is 12.9. The Morgan fingerprint density at radius 2 is 1.77 bits per heavy atom. The van der Waals surface area contributed by atoms with Crippen LogP contribution in [0.2, 0.25) is 0 Å². The van der Waals surface area contributed by atoms with E-state index in [0.29, 0.717) is 6.42 Å². The second kappa shape index (κ2) is 9.03. The first kappa shape index (κ1) is 22.7. The van der Waals surface area contributed by atoms with E-state index in [-0.39, 0.29) is 22.1 Å². The Morgan fingerprint density at radius 1 is 1.10 bits per heavy atom. The van der Waals surface area contributed by atoms with E-state index in [0.717, 1.165) is 16.5 Å². The Labute approximate surface area is 181 Å². The SMILES string of the molecule is CCC(C)C(NS(=O)(=O)c1ccc(C)cc1)C(=O)Oc1ccc2c(C)cc(=O)oc2c1. The lowest BCUT2D eigenvalue weighted by molar-refractivity contribution is -0.137. The summed E-state index contributed by atoms with van der Waals surface area (Å²) in [5, 5.41) is 0.720. The first-order chi connectivity index (χ1) is 14.6. The molecule has 0 saturated heterocycles. The fourth-order valence-corrected chi connectivity index (χ4v) is 4.43.